The number of aromatic nitrogens is 2. The second-order valence-electron chi connectivity index (χ2n) is 10.2. The molecule has 2 fully saturated rings. The number of hydrogen-bond donors (Lipinski definition) is 2. The number of nitriles is 1. The van der Waals surface area contributed by atoms with Crippen LogP contribution in [-0.4, -0.2) is 67.7 Å². The lowest BCUT2D eigenvalue weighted by Crippen LogP contribution is -2.43. The summed E-state index contributed by atoms with van der Waals surface area (Å²) in [5, 5.41) is 13.3. The van der Waals surface area contributed by atoms with Gasteiger partial charge in [0.05, 0.1) is 22.3 Å². The van der Waals surface area contributed by atoms with Crippen molar-refractivity contribution >= 4 is 32.5 Å². The maximum absolute atomic E-state index is 15.0. The van der Waals surface area contributed by atoms with E-state index in [0.29, 0.717) is 11.2 Å². The predicted octanol–water partition coefficient (Wildman–Crippen LogP) is 3.30. The Kier molecular flexibility index (Phi) is 7.70. The van der Waals surface area contributed by atoms with Gasteiger partial charge in [-0.25, -0.2) is 13.8 Å². The van der Waals surface area contributed by atoms with Crippen LogP contribution in [0.5, 0.6) is 11.5 Å². The highest BCUT2D eigenvalue weighted by atomic mass is 32.2. The molecule has 2 N–H and O–H groups in total. The second-order valence-corrected chi connectivity index (χ2v) is 11.9. The first-order valence-electron chi connectivity index (χ1n) is 13.6. The fourth-order valence-corrected chi connectivity index (χ4v) is 6.47. The van der Waals surface area contributed by atoms with Crippen molar-refractivity contribution in [3.05, 3.63) is 82.7 Å². The van der Waals surface area contributed by atoms with E-state index in [2.05, 4.69) is 19.9 Å². The molecule has 0 aliphatic carbocycles. The first kappa shape index (κ1) is 28.5. The average Bonchev–Trinajstić information content (AvgIpc) is 3.47. The molecule has 1 atom stereocenters. The van der Waals surface area contributed by atoms with Gasteiger partial charge in [0.15, 0.2) is 11.6 Å². The zero-order valence-electron chi connectivity index (χ0n) is 22.8. The number of nitrogens with one attached hydrogen (secondary N) is 2. The Morgan fingerprint density at radius 2 is 1.86 bits per heavy atom. The quantitative estimate of drug-likeness (QED) is 0.327. The molecule has 11 nitrogen and oxygen atoms in total. The highest BCUT2D eigenvalue weighted by Gasteiger charge is 2.32. The van der Waals surface area contributed by atoms with Crippen LogP contribution in [0.25, 0.3) is 16.6 Å². The number of anilines is 2. The summed E-state index contributed by atoms with van der Waals surface area (Å²) in [5.74, 6) is -1.41. The number of benzene rings is 3. The van der Waals surface area contributed by atoms with Crippen molar-refractivity contribution in [3.8, 4) is 23.3 Å². The van der Waals surface area contributed by atoms with Crippen LogP contribution >= 0.6 is 0 Å². The summed E-state index contributed by atoms with van der Waals surface area (Å²) < 4.78 is 64.4. The van der Waals surface area contributed by atoms with E-state index in [-0.39, 0.29) is 41.9 Å². The van der Waals surface area contributed by atoms with Crippen LogP contribution in [0.4, 0.5) is 20.2 Å². The molecule has 3 aromatic carbocycles. The van der Waals surface area contributed by atoms with Crippen LogP contribution in [-0.2, 0) is 10.2 Å². The average molecular weight is 608 g/mol. The van der Waals surface area contributed by atoms with E-state index < -0.39 is 33.5 Å². The lowest BCUT2D eigenvalue weighted by molar-refractivity contribution is 0.343. The van der Waals surface area contributed by atoms with Crippen LogP contribution in [0.1, 0.15) is 12.0 Å². The van der Waals surface area contributed by atoms with Gasteiger partial charge in [-0.2, -0.15) is 18.0 Å². The summed E-state index contributed by atoms with van der Waals surface area (Å²) in [4.78, 5) is 20.2. The normalized spacial score (nSPS) is 17.6. The summed E-state index contributed by atoms with van der Waals surface area (Å²) in [7, 11) is -4.20. The SMILES string of the molecule is N#Cc1c(NS(=O)(=O)N2CC[C@@H](F)C2)ccc(F)c1Oc1ccc2ncn(-c3cccc(N4CCNCC4)c3)c(=O)c2c1. The van der Waals surface area contributed by atoms with Crippen molar-refractivity contribution < 1.29 is 21.9 Å². The number of alkyl halides is 1. The molecule has 3 heterocycles. The Bertz CT molecular complexity index is 1910. The maximum atomic E-state index is 15.0. The van der Waals surface area contributed by atoms with E-state index in [4.69, 9.17) is 4.74 Å². The van der Waals surface area contributed by atoms with Gasteiger partial charge in [-0.1, -0.05) is 6.07 Å². The van der Waals surface area contributed by atoms with Crippen LogP contribution in [0.2, 0.25) is 0 Å². The second kappa shape index (κ2) is 11.6. The highest BCUT2D eigenvalue weighted by molar-refractivity contribution is 7.90. The molecular formula is C29H27F2N7O4S. The van der Waals surface area contributed by atoms with Crippen molar-refractivity contribution in [3.63, 3.8) is 0 Å². The minimum absolute atomic E-state index is 0.0222. The number of piperazine rings is 1. The fourth-order valence-electron chi connectivity index (χ4n) is 5.19. The van der Waals surface area contributed by atoms with Crippen molar-refractivity contribution in [1.82, 2.24) is 19.2 Å². The zero-order chi connectivity index (χ0) is 30.1. The number of halogens is 2. The molecule has 43 heavy (non-hydrogen) atoms. The Morgan fingerprint density at radius 1 is 1.07 bits per heavy atom. The molecule has 4 aromatic rings. The maximum Gasteiger partial charge on any atom is 0.301 e. The predicted molar refractivity (Wildman–Crippen MR) is 157 cm³/mol. The first-order chi connectivity index (χ1) is 20.7. The van der Waals surface area contributed by atoms with Crippen molar-refractivity contribution in [2.45, 2.75) is 12.6 Å². The van der Waals surface area contributed by atoms with Gasteiger partial charge >= 0.3 is 10.2 Å². The molecular weight excluding hydrogens is 580 g/mol. The summed E-state index contributed by atoms with van der Waals surface area (Å²) in [6.45, 7) is 3.08. The zero-order valence-corrected chi connectivity index (χ0v) is 23.7. The Balaban J connectivity index is 1.32. The molecule has 222 valence electrons. The third-order valence-electron chi connectivity index (χ3n) is 7.43. The lowest BCUT2D eigenvalue weighted by atomic mass is 10.1. The molecule has 0 unspecified atom stereocenters. The lowest BCUT2D eigenvalue weighted by Gasteiger charge is -2.29. The van der Waals surface area contributed by atoms with Gasteiger partial charge in [0, 0.05) is 45.0 Å². The van der Waals surface area contributed by atoms with Crippen LogP contribution in [0, 0.1) is 17.1 Å². The number of ether oxygens (including phenoxy) is 1. The monoisotopic (exact) mass is 607 g/mol. The van der Waals surface area contributed by atoms with E-state index in [9.17, 15) is 27.3 Å². The Morgan fingerprint density at radius 3 is 2.60 bits per heavy atom. The van der Waals surface area contributed by atoms with Gasteiger partial charge in [-0.3, -0.25) is 14.1 Å². The van der Waals surface area contributed by atoms with Gasteiger partial charge < -0.3 is 15.0 Å². The fraction of sp³-hybridized carbons (Fsp3) is 0.276. The molecule has 0 amide bonds. The van der Waals surface area contributed by atoms with Gasteiger partial charge in [0.1, 0.15) is 29.9 Å². The van der Waals surface area contributed by atoms with E-state index >= 15 is 0 Å². The van der Waals surface area contributed by atoms with Gasteiger partial charge in [-0.05, 0) is 55.0 Å². The standard InChI is InChI=1S/C29H27F2N7O4S/c30-19-8-11-37(17-19)43(40,41)35-27-7-5-25(31)28(24(27)16-32)42-22-4-6-26-23(15-22)29(39)38(18-34-26)21-3-1-2-20(14-21)36-12-9-33-10-13-36/h1-7,14-15,18-19,33,35H,8-13,17H2/t19-/m1/s1. The Labute approximate surface area is 246 Å². The molecule has 2 aliphatic heterocycles. The summed E-state index contributed by atoms with van der Waals surface area (Å²) in [6, 6.07) is 15.8. The summed E-state index contributed by atoms with van der Waals surface area (Å²) >= 11 is 0. The molecule has 0 radical (unpaired) electrons. The van der Waals surface area contributed by atoms with Crippen LogP contribution < -0.4 is 25.2 Å². The minimum Gasteiger partial charge on any atom is -0.453 e. The van der Waals surface area contributed by atoms with E-state index in [1.54, 1.807) is 12.1 Å². The highest BCUT2D eigenvalue weighted by Crippen LogP contribution is 2.34. The third kappa shape index (κ3) is 5.74. The molecule has 1 aromatic heterocycles. The topological polar surface area (TPSA) is 133 Å². The van der Waals surface area contributed by atoms with Crippen molar-refractivity contribution in [2.24, 2.45) is 0 Å². The minimum atomic E-state index is -4.20. The molecule has 2 aliphatic rings. The smallest absolute Gasteiger partial charge is 0.301 e. The number of rotatable bonds is 7. The van der Waals surface area contributed by atoms with Crippen LogP contribution in [0.3, 0.4) is 0 Å². The van der Waals surface area contributed by atoms with E-state index in [1.807, 2.05) is 18.2 Å². The number of nitrogens with zero attached hydrogens (tertiary/aromatic N) is 5. The first-order valence-corrected chi connectivity index (χ1v) is 15.1. The van der Waals surface area contributed by atoms with E-state index in [1.165, 1.54) is 29.1 Å². The number of fused-ring (bicyclic) bond motifs is 1. The summed E-state index contributed by atoms with van der Waals surface area (Å²) in [5.41, 5.74) is 0.964. The molecule has 0 spiro atoms. The van der Waals surface area contributed by atoms with E-state index in [0.717, 1.165) is 48.3 Å². The number of hydrogen-bond acceptors (Lipinski definition) is 8. The van der Waals surface area contributed by atoms with Crippen molar-refractivity contribution in [1.29, 1.82) is 5.26 Å². The van der Waals surface area contributed by atoms with Crippen LogP contribution in [0.15, 0.2) is 65.7 Å². The van der Waals surface area contributed by atoms with Gasteiger partial charge in [-0.15, -0.1) is 0 Å². The van der Waals surface area contributed by atoms with Crippen molar-refractivity contribution in [2.75, 3.05) is 48.9 Å². The largest absolute Gasteiger partial charge is 0.453 e. The molecule has 0 bridgehead atoms. The third-order valence-corrected chi connectivity index (χ3v) is 8.92. The molecule has 14 heteroatoms. The molecule has 0 saturated carbocycles. The Hall–Kier alpha value is -4.58. The summed E-state index contributed by atoms with van der Waals surface area (Å²) in [6.07, 6.45) is 0.211. The van der Waals surface area contributed by atoms with Gasteiger partial charge in [0.25, 0.3) is 5.56 Å². The molecule has 2 saturated heterocycles. The van der Waals surface area contributed by atoms with Gasteiger partial charge in [0.2, 0.25) is 0 Å². The molecule has 6 rings (SSSR count).